The third-order valence-electron chi connectivity index (χ3n) is 3.08. The second kappa shape index (κ2) is 7.04. The molecule has 7 nitrogen and oxygen atoms in total. The molecule has 2 N–H and O–H groups in total. The van der Waals surface area contributed by atoms with Crippen molar-refractivity contribution in [3.63, 3.8) is 0 Å². The first-order valence-corrected chi connectivity index (χ1v) is 7.56. The molecule has 2 rings (SSSR count). The molecule has 0 bridgehead atoms. The molecule has 0 radical (unpaired) electrons. The van der Waals surface area contributed by atoms with Crippen LogP contribution in [0.15, 0.2) is 23.0 Å². The zero-order valence-corrected chi connectivity index (χ0v) is 14.8. The molecule has 0 spiro atoms. The fourth-order valence-electron chi connectivity index (χ4n) is 1.95. The summed E-state index contributed by atoms with van der Waals surface area (Å²) in [5.74, 6) is -1.16. The number of rotatable bonds is 4. The average molecular weight is 432 g/mol. The number of hydrogen-bond donors (Lipinski definition) is 2. The third-order valence-corrected chi connectivity index (χ3v) is 3.75. The fraction of sp³-hybridized carbons (Fsp3) is 0.214. The number of anilines is 2. The number of aryl methyl sites for hydroxylation is 1. The zero-order chi connectivity index (χ0) is 17.1. The summed E-state index contributed by atoms with van der Waals surface area (Å²) >= 11 is 1.98. The van der Waals surface area contributed by atoms with Crippen LogP contribution in [-0.2, 0) is 11.9 Å². The van der Waals surface area contributed by atoms with Crippen molar-refractivity contribution in [2.24, 2.45) is 7.05 Å². The van der Waals surface area contributed by atoms with E-state index < -0.39 is 17.3 Å². The van der Waals surface area contributed by atoms with Gasteiger partial charge < -0.3 is 5.32 Å². The summed E-state index contributed by atoms with van der Waals surface area (Å²) in [4.78, 5) is 28.7. The number of aromatic nitrogens is 2. The largest absolute Gasteiger partial charge is 0.351 e. The highest BCUT2D eigenvalue weighted by molar-refractivity contribution is 14.1. The van der Waals surface area contributed by atoms with E-state index in [1.165, 1.54) is 33.2 Å². The van der Waals surface area contributed by atoms with Crippen LogP contribution >= 0.6 is 22.6 Å². The molecule has 0 aliphatic heterocycles. The van der Waals surface area contributed by atoms with Crippen LogP contribution < -0.4 is 16.4 Å². The maximum Gasteiger partial charge on any atom is 0.297 e. The van der Waals surface area contributed by atoms with Crippen molar-refractivity contribution in [3.8, 4) is 0 Å². The molecule has 1 aromatic carbocycles. The number of amides is 1. The Morgan fingerprint density at radius 2 is 2.13 bits per heavy atom. The van der Waals surface area contributed by atoms with E-state index in [2.05, 4.69) is 20.7 Å². The molecule has 2 aromatic rings. The van der Waals surface area contributed by atoms with Crippen molar-refractivity contribution in [2.45, 2.75) is 6.92 Å². The van der Waals surface area contributed by atoms with Gasteiger partial charge >= 0.3 is 0 Å². The Morgan fingerprint density at radius 3 is 2.74 bits per heavy atom. The van der Waals surface area contributed by atoms with Gasteiger partial charge in [0, 0.05) is 16.2 Å². The van der Waals surface area contributed by atoms with Gasteiger partial charge in [-0.2, -0.15) is 5.10 Å². The van der Waals surface area contributed by atoms with E-state index >= 15 is 0 Å². The summed E-state index contributed by atoms with van der Waals surface area (Å²) in [5, 5.41) is 6.69. The first kappa shape index (κ1) is 17.3. The maximum absolute atomic E-state index is 14.0. The Bertz CT molecular complexity index is 822. The van der Waals surface area contributed by atoms with Crippen LogP contribution in [0.4, 0.5) is 15.8 Å². The Balaban J connectivity index is 2.57. The second-order valence-electron chi connectivity index (χ2n) is 4.66. The predicted molar refractivity (Wildman–Crippen MR) is 91.1 cm³/mol. The number of hydrogen-bond acceptors (Lipinski definition) is 5. The number of nitrogens with zero attached hydrogens (tertiary/aromatic N) is 2. The Hall–Kier alpha value is -2.01. The van der Waals surface area contributed by atoms with Gasteiger partial charge in [-0.05, 0) is 47.7 Å². The van der Waals surface area contributed by atoms with E-state index in [1.807, 2.05) is 22.6 Å². The van der Waals surface area contributed by atoms with Crippen LogP contribution in [0.1, 0.15) is 16.1 Å². The number of nitrogens with one attached hydrogen (secondary N) is 2. The molecule has 0 saturated heterocycles. The lowest BCUT2D eigenvalue weighted by Gasteiger charge is -2.15. The number of carbonyl (C=O) groups excluding carboxylic acids is 1. The van der Waals surface area contributed by atoms with Crippen LogP contribution in [0.2, 0.25) is 0 Å². The van der Waals surface area contributed by atoms with E-state index in [9.17, 15) is 14.0 Å². The SMILES string of the molecule is CONC(=O)c1nn(C)c(=O)c(C)c1Nc1ccc(I)cc1F. The molecule has 1 heterocycles. The van der Waals surface area contributed by atoms with Crippen LogP contribution in [0, 0.1) is 16.3 Å². The van der Waals surface area contributed by atoms with Crippen molar-refractivity contribution in [2.75, 3.05) is 12.4 Å². The standard InChI is InChI=1S/C14H14FIN4O3/c1-7-11(17-10-5-4-8(16)6-9(10)15)12(13(21)19-23-3)18-20(2)14(7)22/h4-6,17H,1-3H3,(H,19,21). The Labute approximate surface area is 144 Å². The number of hydroxylamine groups is 1. The van der Waals surface area contributed by atoms with E-state index in [1.54, 1.807) is 6.07 Å². The zero-order valence-electron chi connectivity index (χ0n) is 12.6. The molecule has 0 aliphatic carbocycles. The molecule has 23 heavy (non-hydrogen) atoms. The van der Waals surface area contributed by atoms with Gasteiger partial charge in [0.1, 0.15) is 5.82 Å². The minimum Gasteiger partial charge on any atom is -0.351 e. The Kier molecular flexibility index (Phi) is 5.31. The number of halogens is 2. The highest BCUT2D eigenvalue weighted by Gasteiger charge is 2.20. The third kappa shape index (κ3) is 3.67. The smallest absolute Gasteiger partial charge is 0.297 e. The quantitative estimate of drug-likeness (QED) is 0.570. The molecular weight excluding hydrogens is 418 g/mol. The highest BCUT2D eigenvalue weighted by Crippen LogP contribution is 2.24. The summed E-state index contributed by atoms with van der Waals surface area (Å²) in [5.41, 5.74) is 2.16. The molecule has 1 aromatic heterocycles. The molecule has 0 unspecified atom stereocenters. The number of carbonyl (C=O) groups is 1. The lowest BCUT2D eigenvalue weighted by Crippen LogP contribution is -2.31. The minimum atomic E-state index is -0.653. The first-order valence-electron chi connectivity index (χ1n) is 6.48. The van der Waals surface area contributed by atoms with Crippen molar-refractivity contribution >= 4 is 39.9 Å². The van der Waals surface area contributed by atoms with Crippen molar-refractivity contribution in [3.05, 3.63) is 49.2 Å². The average Bonchev–Trinajstić information content (AvgIpc) is 2.50. The maximum atomic E-state index is 14.0. The molecule has 0 aliphatic rings. The first-order chi connectivity index (χ1) is 10.8. The monoisotopic (exact) mass is 432 g/mol. The molecule has 0 atom stereocenters. The summed E-state index contributed by atoms with van der Waals surface area (Å²) in [6.45, 7) is 1.53. The van der Waals surface area contributed by atoms with E-state index in [4.69, 9.17) is 0 Å². The van der Waals surface area contributed by atoms with Crippen LogP contribution in [0.5, 0.6) is 0 Å². The van der Waals surface area contributed by atoms with Crippen molar-refractivity contribution in [1.29, 1.82) is 0 Å². The van der Waals surface area contributed by atoms with E-state index in [0.717, 1.165) is 8.25 Å². The summed E-state index contributed by atoms with van der Waals surface area (Å²) < 4.78 is 15.8. The second-order valence-corrected chi connectivity index (χ2v) is 5.91. The van der Waals surface area contributed by atoms with Gasteiger partial charge in [0.05, 0.1) is 18.5 Å². The molecule has 0 saturated carbocycles. The van der Waals surface area contributed by atoms with Gasteiger partial charge in [-0.15, -0.1) is 0 Å². The topological polar surface area (TPSA) is 85.2 Å². The summed E-state index contributed by atoms with van der Waals surface area (Å²) in [6.07, 6.45) is 0. The molecular formula is C14H14FIN4O3. The molecule has 122 valence electrons. The lowest BCUT2D eigenvalue weighted by molar-refractivity contribution is 0.0531. The van der Waals surface area contributed by atoms with Crippen molar-refractivity contribution in [1.82, 2.24) is 15.3 Å². The molecule has 9 heteroatoms. The van der Waals surface area contributed by atoms with E-state index in [-0.39, 0.29) is 22.6 Å². The normalized spacial score (nSPS) is 10.5. The predicted octanol–water partition coefficient (Wildman–Crippen LogP) is 1.87. The number of benzene rings is 1. The Morgan fingerprint density at radius 1 is 1.43 bits per heavy atom. The van der Waals surface area contributed by atoms with Gasteiger partial charge in [-0.25, -0.2) is 14.6 Å². The molecule has 1 amide bonds. The summed E-state index contributed by atoms with van der Waals surface area (Å²) in [6, 6.07) is 4.55. The van der Waals surface area contributed by atoms with Crippen molar-refractivity contribution < 1.29 is 14.0 Å². The van der Waals surface area contributed by atoms with Gasteiger partial charge in [0.15, 0.2) is 5.69 Å². The van der Waals surface area contributed by atoms with Crippen LogP contribution in [0.25, 0.3) is 0 Å². The minimum absolute atomic E-state index is 0.0793. The lowest BCUT2D eigenvalue weighted by atomic mass is 10.2. The molecule has 0 fully saturated rings. The van der Waals surface area contributed by atoms with Gasteiger partial charge in [0.2, 0.25) is 0 Å². The van der Waals surface area contributed by atoms with Gasteiger partial charge in [-0.3, -0.25) is 14.4 Å². The van der Waals surface area contributed by atoms with Gasteiger partial charge in [0.25, 0.3) is 11.5 Å². The summed E-state index contributed by atoms with van der Waals surface area (Å²) in [7, 11) is 2.70. The highest BCUT2D eigenvalue weighted by atomic mass is 127. The van der Waals surface area contributed by atoms with Gasteiger partial charge in [-0.1, -0.05) is 0 Å². The van der Waals surface area contributed by atoms with E-state index in [0.29, 0.717) is 0 Å². The fourth-order valence-corrected chi connectivity index (χ4v) is 2.40. The van der Waals surface area contributed by atoms with Crippen LogP contribution in [-0.4, -0.2) is 22.8 Å². The van der Waals surface area contributed by atoms with Crippen LogP contribution in [0.3, 0.4) is 0 Å².